The molecule has 8 nitrogen and oxygen atoms in total. The number of hydrogen-bond acceptors (Lipinski definition) is 9. The molecule has 2 aromatic rings. The molecule has 0 radical (unpaired) electrons. The Hall–Kier alpha value is -2.94. The molecular formula is C21H22O8S. The first-order valence-corrected chi connectivity index (χ1v) is 10.3. The monoisotopic (exact) mass is 434 g/mol. The molecule has 0 aliphatic carbocycles. The summed E-state index contributed by atoms with van der Waals surface area (Å²) in [6, 6.07) is 10.9. The second-order valence-electron chi connectivity index (χ2n) is 6.62. The maximum Gasteiger partial charge on any atom is 0.303 e. The Balaban J connectivity index is 1.85. The van der Waals surface area contributed by atoms with Crippen molar-refractivity contribution in [3.8, 4) is 17.1 Å². The molecule has 4 atom stereocenters. The Bertz CT molecular complexity index is 894. The van der Waals surface area contributed by atoms with Crippen LogP contribution in [0, 0.1) is 0 Å². The highest BCUT2D eigenvalue weighted by Crippen LogP contribution is 2.35. The molecule has 1 aliphatic heterocycles. The molecule has 160 valence electrons. The third-order valence-corrected chi connectivity index (χ3v) is 5.41. The van der Waals surface area contributed by atoms with Gasteiger partial charge in [-0.3, -0.25) is 14.4 Å². The van der Waals surface area contributed by atoms with Crippen LogP contribution in [0.15, 0.2) is 47.1 Å². The number of esters is 3. The van der Waals surface area contributed by atoms with E-state index in [1.165, 1.54) is 32.5 Å². The van der Waals surface area contributed by atoms with E-state index >= 15 is 0 Å². The van der Waals surface area contributed by atoms with Crippen LogP contribution in [-0.4, -0.2) is 47.4 Å². The highest BCUT2D eigenvalue weighted by molar-refractivity contribution is 7.99. The van der Waals surface area contributed by atoms with Gasteiger partial charge < -0.3 is 23.4 Å². The van der Waals surface area contributed by atoms with Gasteiger partial charge >= 0.3 is 17.9 Å². The van der Waals surface area contributed by atoms with Gasteiger partial charge in [0.1, 0.15) is 11.5 Å². The van der Waals surface area contributed by atoms with Crippen molar-refractivity contribution in [2.45, 2.75) is 44.5 Å². The number of furan rings is 1. The van der Waals surface area contributed by atoms with E-state index in [1.807, 2.05) is 18.2 Å². The lowest BCUT2D eigenvalue weighted by atomic mass is 10.1. The molecule has 0 spiro atoms. The Labute approximate surface area is 177 Å². The maximum atomic E-state index is 11.7. The van der Waals surface area contributed by atoms with Crippen molar-refractivity contribution < 1.29 is 37.7 Å². The summed E-state index contributed by atoms with van der Waals surface area (Å²) in [5.41, 5.74) is 0.133. The van der Waals surface area contributed by atoms with E-state index in [0.29, 0.717) is 17.3 Å². The zero-order chi connectivity index (χ0) is 21.7. The van der Waals surface area contributed by atoms with Crippen LogP contribution >= 0.6 is 11.8 Å². The van der Waals surface area contributed by atoms with E-state index in [9.17, 15) is 14.4 Å². The fourth-order valence-corrected chi connectivity index (χ4v) is 4.33. The number of rotatable bonds is 6. The van der Waals surface area contributed by atoms with Gasteiger partial charge in [-0.15, -0.1) is 11.8 Å². The summed E-state index contributed by atoms with van der Waals surface area (Å²) < 4.78 is 27.6. The Kier molecular flexibility index (Phi) is 7.04. The molecule has 0 saturated carbocycles. The predicted octanol–water partition coefficient (Wildman–Crippen LogP) is 3.19. The normalized spacial score (nSPS) is 23.3. The average molecular weight is 434 g/mol. The molecule has 0 unspecified atom stereocenters. The van der Waals surface area contributed by atoms with Gasteiger partial charge in [0.15, 0.2) is 23.7 Å². The fourth-order valence-electron chi connectivity index (χ4n) is 3.11. The van der Waals surface area contributed by atoms with Crippen molar-refractivity contribution >= 4 is 29.7 Å². The largest absolute Gasteiger partial charge is 0.476 e. The topological polar surface area (TPSA) is 101 Å². The number of ether oxygens (including phenoxy) is 4. The van der Waals surface area contributed by atoms with Crippen molar-refractivity contribution in [3.05, 3.63) is 42.7 Å². The van der Waals surface area contributed by atoms with Gasteiger partial charge in [-0.05, 0) is 24.3 Å². The van der Waals surface area contributed by atoms with Gasteiger partial charge in [-0.1, -0.05) is 12.1 Å². The molecule has 1 aromatic carbocycles. The van der Waals surface area contributed by atoms with Crippen LogP contribution in [0.5, 0.6) is 5.75 Å². The summed E-state index contributed by atoms with van der Waals surface area (Å²) in [6.07, 6.45) is -1.15. The SMILES string of the molecule is CC(=O)O[C@@H]1[C@@H](OC(C)=O)[C@H](OC(C)=O)CS[C@H]1Oc1cccc(-c2ccco2)c1. The van der Waals surface area contributed by atoms with Crippen molar-refractivity contribution in [2.24, 2.45) is 0 Å². The molecule has 1 saturated heterocycles. The second-order valence-corrected chi connectivity index (χ2v) is 7.75. The highest BCUT2D eigenvalue weighted by Gasteiger charge is 2.47. The summed E-state index contributed by atoms with van der Waals surface area (Å²) in [5.74, 6) is -0.173. The molecule has 1 aliphatic rings. The van der Waals surface area contributed by atoms with Gasteiger partial charge in [0.25, 0.3) is 0 Å². The van der Waals surface area contributed by atoms with E-state index in [1.54, 1.807) is 24.5 Å². The summed E-state index contributed by atoms with van der Waals surface area (Å²) in [6.45, 7) is 3.75. The number of benzene rings is 1. The van der Waals surface area contributed by atoms with E-state index in [2.05, 4.69) is 0 Å². The van der Waals surface area contributed by atoms with E-state index < -0.39 is 41.7 Å². The zero-order valence-electron chi connectivity index (χ0n) is 16.7. The minimum Gasteiger partial charge on any atom is -0.476 e. The third kappa shape index (κ3) is 5.56. The van der Waals surface area contributed by atoms with Crippen molar-refractivity contribution in [1.29, 1.82) is 0 Å². The lowest BCUT2D eigenvalue weighted by molar-refractivity contribution is -0.186. The summed E-state index contributed by atoms with van der Waals surface area (Å²) >= 11 is 1.30. The lowest BCUT2D eigenvalue weighted by Crippen LogP contribution is -2.55. The Morgan fingerprint density at radius 2 is 1.63 bits per heavy atom. The molecule has 30 heavy (non-hydrogen) atoms. The van der Waals surface area contributed by atoms with Crippen molar-refractivity contribution in [1.82, 2.24) is 0 Å². The Morgan fingerprint density at radius 1 is 0.933 bits per heavy atom. The summed E-state index contributed by atoms with van der Waals surface area (Å²) in [5, 5.41) is 0. The van der Waals surface area contributed by atoms with Crippen LogP contribution in [0.25, 0.3) is 11.3 Å². The van der Waals surface area contributed by atoms with Crippen LogP contribution < -0.4 is 4.74 Å². The zero-order valence-corrected chi connectivity index (χ0v) is 17.5. The molecule has 1 aromatic heterocycles. The van der Waals surface area contributed by atoms with Crippen molar-refractivity contribution in [2.75, 3.05) is 5.75 Å². The summed E-state index contributed by atoms with van der Waals surface area (Å²) in [4.78, 5) is 34.9. The van der Waals surface area contributed by atoms with Crippen LogP contribution in [-0.2, 0) is 28.6 Å². The molecule has 1 fully saturated rings. The molecular weight excluding hydrogens is 412 g/mol. The second kappa shape index (κ2) is 9.71. The highest BCUT2D eigenvalue weighted by atomic mass is 32.2. The molecule has 9 heteroatoms. The predicted molar refractivity (Wildman–Crippen MR) is 108 cm³/mol. The quantitative estimate of drug-likeness (QED) is 0.501. The van der Waals surface area contributed by atoms with Gasteiger partial charge in [0, 0.05) is 32.1 Å². The van der Waals surface area contributed by atoms with Gasteiger partial charge in [-0.2, -0.15) is 0 Å². The maximum absolute atomic E-state index is 11.7. The van der Waals surface area contributed by atoms with Gasteiger partial charge in [0.05, 0.1) is 6.26 Å². The molecule has 3 rings (SSSR count). The number of hydrogen-bond donors (Lipinski definition) is 0. The fraction of sp³-hybridized carbons (Fsp3) is 0.381. The third-order valence-electron chi connectivity index (χ3n) is 4.20. The van der Waals surface area contributed by atoms with Crippen molar-refractivity contribution in [3.63, 3.8) is 0 Å². The molecule has 0 N–H and O–H groups in total. The van der Waals surface area contributed by atoms with Gasteiger partial charge in [-0.25, -0.2) is 0 Å². The van der Waals surface area contributed by atoms with Crippen LogP contribution in [0.3, 0.4) is 0 Å². The van der Waals surface area contributed by atoms with Crippen LogP contribution in [0.1, 0.15) is 20.8 Å². The molecule has 2 heterocycles. The average Bonchev–Trinajstić information content (AvgIpc) is 3.20. The minimum absolute atomic E-state index is 0.303. The standard InChI is InChI=1S/C21H22O8S/c1-12(22)26-18-11-30-21(20(28-14(3)24)19(18)27-13(2)23)29-16-7-4-6-15(10-16)17-8-5-9-25-17/h4-10,18-21H,11H2,1-3H3/t18-,19+,20-,21-/m1/s1. The summed E-state index contributed by atoms with van der Waals surface area (Å²) in [7, 11) is 0. The van der Waals surface area contributed by atoms with Crippen LogP contribution in [0.2, 0.25) is 0 Å². The number of carbonyl (C=O) groups is 3. The first-order chi connectivity index (χ1) is 14.3. The lowest BCUT2D eigenvalue weighted by Gasteiger charge is -2.39. The number of carbonyl (C=O) groups excluding carboxylic acids is 3. The smallest absolute Gasteiger partial charge is 0.303 e. The molecule has 0 bridgehead atoms. The van der Waals surface area contributed by atoms with E-state index in [0.717, 1.165) is 5.56 Å². The first-order valence-electron chi connectivity index (χ1n) is 9.27. The van der Waals surface area contributed by atoms with E-state index in [-0.39, 0.29) is 0 Å². The van der Waals surface area contributed by atoms with Crippen LogP contribution in [0.4, 0.5) is 0 Å². The first kappa shape index (κ1) is 21.8. The minimum atomic E-state index is -0.991. The number of thioether (sulfide) groups is 1. The van der Waals surface area contributed by atoms with E-state index in [4.69, 9.17) is 23.4 Å². The molecule has 0 amide bonds. The Morgan fingerprint density at radius 3 is 2.27 bits per heavy atom. The van der Waals surface area contributed by atoms with Gasteiger partial charge in [0.2, 0.25) is 0 Å².